The molecule has 0 radical (unpaired) electrons. The van der Waals surface area contributed by atoms with E-state index in [1.807, 2.05) is 24.3 Å². The molecule has 0 atom stereocenters. The van der Waals surface area contributed by atoms with Crippen LogP contribution in [0.3, 0.4) is 0 Å². The van der Waals surface area contributed by atoms with Gasteiger partial charge in [0.25, 0.3) is 5.91 Å². The van der Waals surface area contributed by atoms with Crippen molar-refractivity contribution in [1.29, 1.82) is 0 Å². The summed E-state index contributed by atoms with van der Waals surface area (Å²) in [4.78, 5) is 13.6. The molecule has 0 aliphatic rings. The lowest BCUT2D eigenvalue weighted by Gasteiger charge is -2.05. The van der Waals surface area contributed by atoms with Crippen LogP contribution in [0.25, 0.3) is 11.0 Å². The van der Waals surface area contributed by atoms with Crippen LogP contribution in [0.2, 0.25) is 0 Å². The lowest BCUT2D eigenvalue weighted by atomic mass is 10.1. The molecule has 4 aromatic rings. The van der Waals surface area contributed by atoms with Gasteiger partial charge >= 0.3 is 0 Å². The lowest BCUT2D eigenvalue weighted by Crippen LogP contribution is -2.23. The van der Waals surface area contributed by atoms with Crippen LogP contribution in [0.15, 0.2) is 70.1 Å². The summed E-state index contributed by atoms with van der Waals surface area (Å²) in [5, 5.41) is 10.4. The van der Waals surface area contributed by atoms with E-state index in [0.29, 0.717) is 23.6 Å². The number of furan rings is 1. The van der Waals surface area contributed by atoms with Crippen LogP contribution in [0.1, 0.15) is 21.8 Å². The summed E-state index contributed by atoms with van der Waals surface area (Å²) in [5.41, 5.74) is 2.29. The first-order valence-electron chi connectivity index (χ1n) is 8.36. The standard InChI is InChI=1S/C20H16FN3O2S/c21-13-5-7-15(8-6-13)27-12-17-16-3-1-2-4-18(16)26-19(17)20(25)22-11-14-9-10-23-24-14/h1-10H,11-12H2,(H,22,25)(H,23,24). The van der Waals surface area contributed by atoms with Crippen LogP contribution in [0.5, 0.6) is 0 Å². The Kier molecular flexibility index (Phi) is 4.93. The SMILES string of the molecule is O=C(NCc1ccn[nH]1)c1oc2ccccc2c1CSc1ccc(F)cc1. The van der Waals surface area contributed by atoms with Gasteiger partial charge in [0.05, 0.1) is 12.2 Å². The van der Waals surface area contributed by atoms with Crippen LogP contribution in [0, 0.1) is 5.82 Å². The van der Waals surface area contributed by atoms with Gasteiger partial charge in [-0.25, -0.2) is 4.39 Å². The molecule has 0 aliphatic heterocycles. The molecular formula is C20H16FN3O2S. The Labute approximate surface area is 159 Å². The Hall–Kier alpha value is -3.06. The Morgan fingerprint density at radius 3 is 2.74 bits per heavy atom. The smallest absolute Gasteiger partial charge is 0.287 e. The van der Waals surface area contributed by atoms with E-state index in [2.05, 4.69) is 15.5 Å². The van der Waals surface area contributed by atoms with Crippen molar-refractivity contribution in [3.05, 3.63) is 83.6 Å². The highest BCUT2D eigenvalue weighted by Crippen LogP contribution is 2.32. The Balaban J connectivity index is 1.58. The third-order valence-corrected chi connectivity index (χ3v) is 5.14. The number of nitrogens with one attached hydrogen (secondary N) is 2. The maximum absolute atomic E-state index is 13.1. The number of amides is 1. The fourth-order valence-electron chi connectivity index (χ4n) is 2.75. The molecule has 0 aliphatic carbocycles. The Morgan fingerprint density at radius 1 is 1.15 bits per heavy atom. The van der Waals surface area contributed by atoms with E-state index in [9.17, 15) is 9.18 Å². The van der Waals surface area contributed by atoms with Gasteiger partial charge in [0.2, 0.25) is 0 Å². The van der Waals surface area contributed by atoms with Crippen molar-refractivity contribution in [3.63, 3.8) is 0 Å². The molecule has 0 bridgehead atoms. The van der Waals surface area contributed by atoms with Gasteiger partial charge in [-0.1, -0.05) is 18.2 Å². The molecule has 4 rings (SSSR count). The van der Waals surface area contributed by atoms with E-state index in [1.54, 1.807) is 24.4 Å². The number of aromatic amines is 1. The molecule has 0 fully saturated rings. The average Bonchev–Trinajstić information content (AvgIpc) is 3.33. The van der Waals surface area contributed by atoms with E-state index >= 15 is 0 Å². The zero-order valence-corrected chi connectivity index (χ0v) is 15.1. The van der Waals surface area contributed by atoms with Crippen molar-refractivity contribution in [2.75, 3.05) is 0 Å². The highest BCUT2D eigenvalue weighted by Gasteiger charge is 2.20. The number of hydrogen-bond acceptors (Lipinski definition) is 4. The van der Waals surface area contributed by atoms with Crippen LogP contribution < -0.4 is 5.32 Å². The number of hydrogen-bond donors (Lipinski definition) is 2. The first kappa shape index (κ1) is 17.4. The van der Waals surface area contributed by atoms with E-state index in [0.717, 1.165) is 21.5 Å². The summed E-state index contributed by atoms with van der Waals surface area (Å²) in [6.45, 7) is 0.334. The van der Waals surface area contributed by atoms with E-state index in [1.165, 1.54) is 23.9 Å². The molecule has 2 aromatic carbocycles. The Morgan fingerprint density at radius 2 is 1.96 bits per heavy atom. The number of fused-ring (bicyclic) bond motifs is 1. The molecule has 0 spiro atoms. The number of nitrogens with zero attached hydrogens (tertiary/aromatic N) is 1. The molecule has 0 unspecified atom stereocenters. The van der Waals surface area contributed by atoms with Crippen molar-refractivity contribution in [1.82, 2.24) is 15.5 Å². The molecule has 0 saturated heterocycles. The first-order chi connectivity index (χ1) is 13.2. The number of carbonyl (C=O) groups excluding carboxylic acids is 1. The third kappa shape index (κ3) is 3.88. The second-order valence-corrected chi connectivity index (χ2v) is 6.96. The van der Waals surface area contributed by atoms with Gasteiger partial charge in [-0.2, -0.15) is 5.10 Å². The summed E-state index contributed by atoms with van der Waals surface area (Å²) in [5.74, 6) is 0.281. The number of thioether (sulfide) groups is 1. The summed E-state index contributed by atoms with van der Waals surface area (Å²) >= 11 is 1.53. The summed E-state index contributed by atoms with van der Waals surface area (Å²) < 4.78 is 18.9. The fourth-order valence-corrected chi connectivity index (χ4v) is 3.68. The number of carbonyl (C=O) groups is 1. The lowest BCUT2D eigenvalue weighted by molar-refractivity contribution is 0.0924. The van der Waals surface area contributed by atoms with Crippen molar-refractivity contribution in [2.24, 2.45) is 0 Å². The van der Waals surface area contributed by atoms with Crippen LogP contribution in [-0.2, 0) is 12.3 Å². The zero-order valence-electron chi connectivity index (χ0n) is 14.2. The third-order valence-electron chi connectivity index (χ3n) is 4.10. The molecule has 1 amide bonds. The second-order valence-electron chi connectivity index (χ2n) is 5.91. The van der Waals surface area contributed by atoms with Gasteiger partial charge in [-0.15, -0.1) is 11.8 Å². The molecule has 0 saturated carbocycles. The molecular weight excluding hydrogens is 365 g/mol. The van der Waals surface area contributed by atoms with E-state index in [4.69, 9.17) is 4.42 Å². The largest absolute Gasteiger partial charge is 0.451 e. The summed E-state index contributed by atoms with van der Waals surface area (Å²) in [6, 6.07) is 15.6. The summed E-state index contributed by atoms with van der Waals surface area (Å²) in [6.07, 6.45) is 1.63. The normalized spacial score (nSPS) is 11.0. The van der Waals surface area contributed by atoms with Gasteiger partial charge in [0.1, 0.15) is 11.4 Å². The number of benzene rings is 2. The van der Waals surface area contributed by atoms with Crippen molar-refractivity contribution >= 4 is 28.6 Å². The highest BCUT2D eigenvalue weighted by atomic mass is 32.2. The number of rotatable bonds is 6. The van der Waals surface area contributed by atoms with Crippen LogP contribution in [-0.4, -0.2) is 16.1 Å². The minimum absolute atomic E-state index is 0.271. The molecule has 2 aromatic heterocycles. The molecule has 7 heteroatoms. The molecule has 2 N–H and O–H groups in total. The molecule has 136 valence electrons. The number of para-hydroxylation sites is 1. The van der Waals surface area contributed by atoms with E-state index in [-0.39, 0.29) is 11.7 Å². The Bertz CT molecular complexity index is 1060. The fraction of sp³-hybridized carbons (Fsp3) is 0.100. The monoisotopic (exact) mass is 381 g/mol. The molecule has 2 heterocycles. The van der Waals surface area contributed by atoms with Gasteiger partial charge in [-0.05, 0) is 36.4 Å². The number of H-pyrrole nitrogens is 1. The molecule has 27 heavy (non-hydrogen) atoms. The van der Waals surface area contributed by atoms with Crippen LogP contribution in [0.4, 0.5) is 4.39 Å². The summed E-state index contributed by atoms with van der Waals surface area (Å²) in [7, 11) is 0. The molecule has 5 nitrogen and oxygen atoms in total. The van der Waals surface area contributed by atoms with Gasteiger partial charge in [0, 0.05) is 27.8 Å². The van der Waals surface area contributed by atoms with Crippen molar-refractivity contribution in [2.45, 2.75) is 17.2 Å². The average molecular weight is 381 g/mol. The van der Waals surface area contributed by atoms with Crippen LogP contribution >= 0.6 is 11.8 Å². The minimum atomic E-state index is -0.282. The quantitative estimate of drug-likeness (QED) is 0.482. The zero-order chi connectivity index (χ0) is 18.6. The van der Waals surface area contributed by atoms with Gasteiger partial charge in [0.15, 0.2) is 5.76 Å². The van der Waals surface area contributed by atoms with Crippen molar-refractivity contribution < 1.29 is 13.6 Å². The maximum atomic E-state index is 13.1. The number of halogens is 1. The predicted octanol–water partition coefficient (Wildman–Crippen LogP) is 4.52. The van der Waals surface area contributed by atoms with Gasteiger partial charge < -0.3 is 9.73 Å². The first-order valence-corrected chi connectivity index (χ1v) is 9.34. The number of aromatic nitrogens is 2. The van der Waals surface area contributed by atoms with Crippen molar-refractivity contribution in [3.8, 4) is 0 Å². The van der Waals surface area contributed by atoms with Gasteiger partial charge in [-0.3, -0.25) is 9.89 Å². The highest BCUT2D eigenvalue weighted by molar-refractivity contribution is 7.98. The predicted molar refractivity (Wildman–Crippen MR) is 102 cm³/mol. The maximum Gasteiger partial charge on any atom is 0.287 e. The van der Waals surface area contributed by atoms with E-state index < -0.39 is 0 Å². The second kappa shape index (κ2) is 7.67. The topological polar surface area (TPSA) is 70.9 Å². The minimum Gasteiger partial charge on any atom is -0.451 e.